The minimum atomic E-state index is -1.11. The second-order valence-corrected chi connectivity index (χ2v) is 7.05. The monoisotopic (exact) mass is 489 g/mol. The molecule has 36 heavy (non-hydrogen) atoms. The third-order valence-corrected chi connectivity index (χ3v) is 4.73. The van der Waals surface area contributed by atoms with Crippen LogP contribution in [0.1, 0.15) is 0 Å². The van der Waals surface area contributed by atoms with E-state index in [4.69, 9.17) is 14.2 Å². The van der Waals surface area contributed by atoms with Gasteiger partial charge in [0.15, 0.2) is 0 Å². The van der Waals surface area contributed by atoms with Crippen LogP contribution in [0.4, 0.5) is 17.1 Å². The summed E-state index contributed by atoms with van der Waals surface area (Å²) in [6, 6.07) is 22.6. The van der Waals surface area contributed by atoms with Crippen molar-refractivity contribution >= 4 is 17.1 Å². The highest BCUT2D eigenvalue weighted by molar-refractivity contribution is 5.83. The maximum Gasteiger partial charge on any atom is 0.368 e. The quantitative estimate of drug-likeness (QED) is 0.182. The summed E-state index contributed by atoms with van der Waals surface area (Å²) >= 11 is 0. The van der Waals surface area contributed by atoms with Crippen LogP contribution in [0.2, 0.25) is 0 Å². The predicted octanol–water partition coefficient (Wildman–Crippen LogP) is 6.79. The minimum absolute atomic E-state index is 0.00822. The summed E-state index contributed by atoms with van der Waals surface area (Å²) in [4.78, 5) is 33.5. The molecule has 0 aliphatic carbocycles. The first kappa shape index (κ1) is 23.6. The topological polar surface area (TPSA) is 157 Å². The van der Waals surface area contributed by atoms with Gasteiger partial charge < -0.3 is 14.2 Å². The van der Waals surface area contributed by atoms with E-state index in [-0.39, 0.29) is 17.2 Å². The molecule has 0 saturated carbocycles. The number of rotatable bonds is 9. The van der Waals surface area contributed by atoms with Gasteiger partial charge in [0.25, 0.3) is 17.2 Å². The highest BCUT2D eigenvalue weighted by atomic mass is 16.7. The number of ether oxygens (including phenoxy) is 3. The Bertz CT molecular complexity index is 1230. The van der Waals surface area contributed by atoms with Crippen molar-refractivity contribution in [1.29, 1.82) is 0 Å². The van der Waals surface area contributed by atoms with Gasteiger partial charge in [0.1, 0.15) is 17.2 Å². The molecule has 12 nitrogen and oxygen atoms in total. The minimum Gasteiger partial charge on any atom is -0.444 e. The van der Waals surface area contributed by atoms with Gasteiger partial charge in [0.2, 0.25) is 0 Å². The molecule has 0 N–H and O–H groups in total. The lowest BCUT2D eigenvalue weighted by Crippen LogP contribution is -2.07. The molecule has 0 radical (unpaired) electrons. The molecule has 12 heteroatoms. The van der Waals surface area contributed by atoms with E-state index in [0.29, 0.717) is 0 Å². The SMILES string of the molecule is O=[N+]([O-])c1c(Oc2ccccc2)c([N+](=O)[O-])c(Oc2ccccc2)c([N+](=O)[O-])c1Oc1ccccc1. The molecule has 0 aliphatic rings. The van der Waals surface area contributed by atoms with E-state index in [1.54, 1.807) is 54.6 Å². The van der Waals surface area contributed by atoms with Crippen molar-refractivity contribution in [2.45, 2.75) is 0 Å². The second kappa shape index (κ2) is 10.2. The van der Waals surface area contributed by atoms with Gasteiger partial charge in [-0.25, -0.2) is 0 Å². The molecule has 0 aromatic heterocycles. The van der Waals surface area contributed by atoms with Crippen molar-refractivity contribution in [1.82, 2.24) is 0 Å². The zero-order chi connectivity index (χ0) is 25.7. The Hall–Kier alpha value is -5.52. The van der Waals surface area contributed by atoms with Crippen LogP contribution in [0.3, 0.4) is 0 Å². The molecule has 4 aromatic carbocycles. The lowest BCUT2D eigenvalue weighted by atomic mass is 10.1. The molecular formula is C24H15N3O9. The molecule has 0 heterocycles. The van der Waals surface area contributed by atoms with Crippen molar-refractivity contribution in [3.05, 3.63) is 121 Å². The van der Waals surface area contributed by atoms with Gasteiger partial charge in [0.05, 0.1) is 14.8 Å². The molecule has 0 spiro atoms. The molecule has 0 fully saturated rings. The lowest BCUT2D eigenvalue weighted by molar-refractivity contribution is -0.406. The fraction of sp³-hybridized carbons (Fsp3) is 0. The van der Waals surface area contributed by atoms with Crippen molar-refractivity contribution in [2.75, 3.05) is 0 Å². The van der Waals surface area contributed by atoms with E-state index in [1.807, 2.05) is 0 Å². The van der Waals surface area contributed by atoms with Crippen LogP contribution in [0, 0.1) is 30.3 Å². The highest BCUT2D eigenvalue weighted by Gasteiger charge is 2.47. The molecule has 4 rings (SSSR count). The first-order chi connectivity index (χ1) is 17.4. The van der Waals surface area contributed by atoms with Crippen molar-refractivity contribution in [3.8, 4) is 34.5 Å². The van der Waals surface area contributed by atoms with Crippen LogP contribution in [0.15, 0.2) is 91.0 Å². The predicted molar refractivity (Wildman–Crippen MR) is 126 cm³/mol. The lowest BCUT2D eigenvalue weighted by Gasteiger charge is -2.15. The van der Waals surface area contributed by atoms with E-state index in [1.165, 1.54) is 36.4 Å². The average molecular weight is 489 g/mol. The number of nitro groups is 3. The Kier molecular flexibility index (Phi) is 6.68. The van der Waals surface area contributed by atoms with Crippen LogP contribution in [-0.2, 0) is 0 Å². The number of hydrogen-bond acceptors (Lipinski definition) is 9. The summed E-state index contributed by atoms with van der Waals surface area (Å²) in [6.07, 6.45) is 0. The summed E-state index contributed by atoms with van der Waals surface area (Å²) in [7, 11) is 0. The summed E-state index contributed by atoms with van der Waals surface area (Å²) < 4.78 is 16.8. The van der Waals surface area contributed by atoms with Crippen LogP contribution >= 0.6 is 0 Å². The fourth-order valence-electron chi connectivity index (χ4n) is 3.25. The van der Waals surface area contributed by atoms with Gasteiger partial charge in [0, 0.05) is 0 Å². The Balaban J connectivity index is 2.10. The zero-order valence-electron chi connectivity index (χ0n) is 18.2. The van der Waals surface area contributed by atoms with Gasteiger partial charge in [-0.05, 0) is 36.4 Å². The maximum absolute atomic E-state index is 12.2. The fourth-order valence-corrected chi connectivity index (χ4v) is 3.25. The van der Waals surface area contributed by atoms with Crippen molar-refractivity contribution in [3.63, 3.8) is 0 Å². The largest absolute Gasteiger partial charge is 0.444 e. The summed E-state index contributed by atoms with van der Waals surface area (Å²) in [5, 5.41) is 36.6. The first-order valence-corrected chi connectivity index (χ1v) is 10.2. The number of nitro benzene ring substituents is 3. The normalized spacial score (nSPS) is 10.3. The van der Waals surface area contributed by atoms with Crippen LogP contribution in [0.25, 0.3) is 0 Å². The molecule has 0 unspecified atom stereocenters. The van der Waals surface area contributed by atoms with E-state index in [0.717, 1.165) is 0 Å². The van der Waals surface area contributed by atoms with E-state index in [9.17, 15) is 30.3 Å². The standard InChI is InChI=1S/C24H15N3O9/c28-25(29)19-22(34-16-10-4-1-5-11-16)20(26(30)31)24(36-18-14-8-3-9-15-18)21(27(32)33)23(19)35-17-12-6-2-7-13-17/h1-15H. The van der Waals surface area contributed by atoms with Crippen molar-refractivity contribution < 1.29 is 29.0 Å². The molecule has 0 saturated heterocycles. The molecule has 0 aliphatic heterocycles. The van der Waals surface area contributed by atoms with E-state index in [2.05, 4.69) is 0 Å². The number of para-hydroxylation sites is 3. The average Bonchev–Trinajstić information content (AvgIpc) is 2.85. The number of hydrogen-bond donors (Lipinski definition) is 0. The van der Waals surface area contributed by atoms with Gasteiger partial charge in [-0.3, -0.25) is 30.3 Å². The third kappa shape index (κ3) is 4.87. The molecule has 0 atom stereocenters. The molecule has 0 bridgehead atoms. The Morgan fingerprint density at radius 3 is 0.833 bits per heavy atom. The number of benzene rings is 4. The summed E-state index contributed by atoms with van der Waals surface area (Å²) in [5.74, 6) is -2.65. The zero-order valence-corrected chi connectivity index (χ0v) is 18.2. The second-order valence-electron chi connectivity index (χ2n) is 7.05. The van der Waals surface area contributed by atoms with Gasteiger partial charge in [-0.15, -0.1) is 0 Å². The summed E-state index contributed by atoms with van der Waals surface area (Å²) in [6.45, 7) is 0. The first-order valence-electron chi connectivity index (χ1n) is 10.2. The van der Waals surface area contributed by atoms with Crippen LogP contribution < -0.4 is 14.2 Å². The Morgan fingerprint density at radius 1 is 0.417 bits per heavy atom. The molecule has 0 amide bonds. The van der Waals surface area contributed by atoms with Gasteiger partial charge in [-0.1, -0.05) is 54.6 Å². The smallest absolute Gasteiger partial charge is 0.368 e. The van der Waals surface area contributed by atoms with E-state index < -0.39 is 49.1 Å². The molecular weight excluding hydrogens is 474 g/mol. The third-order valence-electron chi connectivity index (χ3n) is 4.73. The summed E-state index contributed by atoms with van der Waals surface area (Å²) in [5.41, 5.74) is -3.33. The Labute approximate surface area is 202 Å². The van der Waals surface area contributed by atoms with Gasteiger partial charge >= 0.3 is 17.1 Å². The Morgan fingerprint density at radius 2 is 0.639 bits per heavy atom. The molecule has 180 valence electrons. The van der Waals surface area contributed by atoms with Crippen LogP contribution in [-0.4, -0.2) is 14.8 Å². The molecule has 4 aromatic rings. The van der Waals surface area contributed by atoms with E-state index >= 15 is 0 Å². The number of nitrogens with zero attached hydrogens (tertiary/aromatic N) is 3. The maximum atomic E-state index is 12.2. The highest BCUT2D eigenvalue weighted by Crippen LogP contribution is 2.59. The van der Waals surface area contributed by atoms with Crippen molar-refractivity contribution in [2.24, 2.45) is 0 Å². The van der Waals surface area contributed by atoms with Gasteiger partial charge in [-0.2, -0.15) is 0 Å². The van der Waals surface area contributed by atoms with Crippen LogP contribution in [0.5, 0.6) is 34.5 Å².